The second-order valence-corrected chi connectivity index (χ2v) is 6.48. The molecule has 0 aliphatic heterocycles. The Morgan fingerprint density at radius 1 is 0.750 bits per heavy atom. The van der Waals surface area contributed by atoms with Crippen LogP contribution in [0.1, 0.15) is 0 Å². The summed E-state index contributed by atoms with van der Waals surface area (Å²) in [5.74, 6) is 0.780. The molecule has 124 valence electrons. The molecule has 3 aromatic rings. The van der Waals surface area contributed by atoms with Crippen molar-refractivity contribution >= 4 is 22.7 Å². The van der Waals surface area contributed by atoms with Gasteiger partial charge < -0.3 is 14.2 Å². The van der Waals surface area contributed by atoms with E-state index in [1.807, 2.05) is 39.7 Å². The van der Waals surface area contributed by atoms with E-state index in [0.717, 1.165) is 16.7 Å². The molecule has 0 bridgehead atoms. The Labute approximate surface area is 147 Å². The first-order valence-electron chi connectivity index (χ1n) is 7.13. The van der Waals surface area contributed by atoms with Gasteiger partial charge in [0.2, 0.25) is 5.75 Å². The third-order valence-electron chi connectivity index (χ3n) is 3.67. The summed E-state index contributed by atoms with van der Waals surface area (Å²) in [4.78, 5) is 12.9. The van der Waals surface area contributed by atoms with Crippen LogP contribution in [0.15, 0.2) is 44.5 Å². The fourth-order valence-corrected chi connectivity index (χ4v) is 3.89. The highest BCUT2D eigenvalue weighted by molar-refractivity contribution is 7.08. The molecule has 0 spiro atoms. The summed E-state index contributed by atoms with van der Waals surface area (Å²) >= 11 is 3.14. The van der Waals surface area contributed by atoms with Gasteiger partial charge in [-0.2, -0.15) is 22.7 Å². The normalized spacial score (nSPS) is 10.5. The van der Waals surface area contributed by atoms with Crippen molar-refractivity contribution in [2.45, 2.75) is 0 Å². The molecular weight excluding hydrogens is 344 g/mol. The van der Waals surface area contributed by atoms with Gasteiger partial charge in [0.1, 0.15) is 0 Å². The zero-order valence-electron chi connectivity index (χ0n) is 13.5. The second-order valence-electron chi connectivity index (χ2n) is 4.92. The first-order chi connectivity index (χ1) is 11.7. The molecule has 6 heteroatoms. The molecule has 0 saturated heterocycles. The molecule has 0 N–H and O–H groups in total. The predicted octanol–water partition coefficient (Wildman–Crippen LogP) is 4.53. The van der Waals surface area contributed by atoms with Gasteiger partial charge in [0.15, 0.2) is 11.5 Å². The number of ether oxygens (including phenoxy) is 3. The molecule has 0 fully saturated rings. The average molecular weight is 360 g/mol. The van der Waals surface area contributed by atoms with E-state index in [0.29, 0.717) is 11.3 Å². The van der Waals surface area contributed by atoms with Gasteiger partial charge >= 0.3 is 0 Å². The second kappa shape index (κ2) is 7.07. The minimum Gasteiger partial charge on any atom is -0.492 e. The van der Waals surface area contributed by atoms with Crippen LogP contribution in [-0.4, -0.2) is 21.3 Å². The van der Waals surface area contributed by atoms with Crippen molar-refractivity contribution in [1.82, 2.24) is 0 Å². The van der Waals surface area contributed by atoms with E-state index in [4.69, 9.17) is 14.2 Å². The van der Waals surface area contributed by atoms with Gasteiger partial charge in [0, 0.05) is 11.1 Å². The fourth-order valence-electron chi connectivity index (χ4n) is 2.58. The maximum atomic E-state index is 12.9. The fraction of sp³-hybridized carbons (Fsp3) is 0.167. The van der Waals surface area contributed by atoms with E-state index in [1.54, 1.807) is 22.7 Å². The summed E-state index contributed by atoms with van der Waals surface area (Å²) < 4.78 is 16.3. The van der Waals surface area contributed by atoms with Gasteiger partial charge in [-0.05, 0) is 50.8 Å². The quantitative estimate of drug-likeness (QED) is 0.671. The lowest BCUT2D eigenvalue weighted by Gasteiger charge is -2.07. The topological polar surface area (TPSA) is 44.8 Å². The predicted molar refractivity (Wildman–Crippen MR) is 99.0 cm³/mol. The number of hydrogen-bond donors (Lipinski definition) is 0. The van der Waals surface area contributed by atoms with Crippen molar-refractivity contribution in [1.29, 1.82) is 0 Å². The number of thiophene rings is 2. The summed E-state index contributed by atoms with van der Waals surface area (Å²) in [6, 6.07) is 5.86. The minimum absolute atomic E-state index is 0.136. The van der Waals surface area contributed by atoms with Crippen molar-refractivity contribution in [3.05, 3.63) is 49.9 Å². The van der Waals surface area contributed by atoms with Crippen molar-refractivity contribution in [2.75, 3.05) is 21.3 Å². The third kappa shape index (κ3) is 2.79. The molecule has 0 atom stereocenters. The van der Waals surface area contributed by atoms with Crippen molar-refractivity contribution in [3.63, 3.8) is 0 Å². The van der Waals surface area contributed by atoms with Gasteiger partial charge in [0.05, 0.1) is 21.3 Å². The zero-order chi connectivity index (χ0) is 17.1. The Kier molecular flexibility index (Phi) is 4.87. The Morgan fingerprint density at radius 3 is 1.67 bits per heavy atom. The van der Waals surface area contributed by atoms with Crippen LogP contribution in [0, 0.1) is 0 Å². The Hall–Kier alpha value is -2.31. The van der Waals surface area contributed by atoms with Crippen molar-refractivity contribution in [3.8, 4) is 39.5 Å². The van der Waals surface area contributed by atoms with E-state index in [2.05, 4.69) is 0 Å². The molecule has 4 nitrogen and oxygen atoms in total. The molecule has 0 unspecified atom stereocenters. The standard InChI is InChI=1S/C18H16O4S2/c1-20-16-13(11-4-6-23-9-11)8-14(12-5-7-24-10-12)17(21-2)18(22-3)15(16)19/h4-10H,1-3H3. The molecule has 0 aliphatic rings. The largest absolute Gasteiger partial charge is 0.492 e. The van der Waals surface area contributed by atoms with Gasteiger partial charge in [-0.1, -0.05) is 0 Å². The van der Waals surface area contributed by atoms with Gasteiger partial charge in [-0.15, -0.1) is 0 Å². The van der Waals surface area contributed by atoms with E-state index in [9.17, 15) is 4.79 Å². The smallest absolute Gasteiger partial charge is 0.266 e. The van der Waals surface area contributed by atoms with Gasteiger partial charge in [0.25, 0.3) is 5.43 Å². The number of hydrogen-bond acceptors (Lipinski definition) is 6. The van der Waals surface area contributed by atoms with Crippen LogP contribution >= 0.6 is 22.7 Å². The molecule has 0 saturated carbocycles. The van der Waals surface area contributed by atoms with Crippen LogP contribution in [0.5, 0.6) is 17.2 Å². The summed E-state index contributed by atoms with van der Waals surface area (Å²) in [5, 5.41) is 7.93. The molecule has 1 aromatic carbocycles. The SMILES string of the molecule is COc1c(-c2ccsc2)cc(-c2ccsc2)c(OC)c(=O)c1OC. The molecule has 0 radical (unpaired) electrons. The van der Waals surface area contributed by atoms with Crippen LogP contribution in [0.25, 0.3) is 22.3 Å². The Morgan fingerprint density at radius 2 is 1.25 bits per heavy atom. The monoisotopic (exact) mass is 360 g/mol. The highest BCUT2D eigenvalue weighted by atomic mass is 32.1. The highest BCUT2D eigenvalue weighted by Gasteiger charge is 2.21. The first kappa shape index (κ1) is 16.5. The van der Waals surface area contributed by atoms with E-state index in [1.165, 1.54) is 21.3 Å². The van der Waals surface area contributed by atoms with Crippen LogP contribution in [0.2, 0.25) is 0 Å². The maximum Gasteiger partial charge on any atom is 0.266 e. The average Bonchev–Trinajstić information content (AvgIpc) is 3.28. The van der Waals surface area contributed by atoms with E-state index in [-0.39, 0.29) is 16.9 Å². The van der Waals surface area contributed by atoms with Gasteiger partial charge in [-0.3, -0.25) is 4.79 Å². The van der Waals surface area contributed by atoms with Crippen molar-refractivity contribution < 1.29 is 14.2 Å². The number of rotatable bonds is 5. The molecular formula is C18H16O4S2. The first-order valence-corrected chi connectivity index (χ1v) is 9.02. The van der Waals surface area contributed by atoms with Crippen LogP contribution in [0.4, 0.5) is 0 Å². The summed E-state index contributed by atoms with van der Waals surface area (Å²) in [6.45, 7) is 0. The lowest BCUT2D eigenvalue weighted by molar-refractivity contribution is 0.350. The zero-order valence-corrected chi connectivity index (χ0v) is 15.1. The molecule has 0 amide bonds. The molecule has 0 aliphatic carbocycles. The van der Waals surface area contributed by atoms with Crippen LogP contribution in [-0.2, 0) is 0 Å². The minimum atomic E-state index is -0.334. The summed E-state index contributed by atoms with van der Waals surface area (Å²) in [6.07, 6.45) is 0. The van der Waals surface area contributed by atoms with Crippen LogP contribution in [0.3, 0.4) is 0 Å². The van der Waals surface area contributed by atoms with E-state index < -0.39 is 0 Å². The lowest BCUT2D eigenvalue weighted by Crippen LogP contribution is -2.08. The van der Waals surface area contributed by atoms with Gasteiger partial charge in [-0.25, -0.2) is 0 Å². The maximum absolute atomic E-state index is 12.9. The molecule has 3 rings (SSSR count). The summed E-state index contributed by atoms with van der Waals surface area (Å²) in [7, 11) is 4.48. The molecule has 2 heterocycles. The van der Waals surface area contributed by atoms with Crippen LogP contribution < -0.4 is 19.6 Å². The molecule has 24 heavy (non-hydrogen) atoms. The number of methoxy groups -OCH3 is 3. The van der Waals surface area contributed by atoms with Crippen molar-refractivity contribution in [2.24, 2.45) is 0 Å². The summed E-state index contributed by atoms with van der Waals surface area (Å²) in [5.41, 5.74) is 3.05. The third-order valence-corrected chi connectivity index (χ3v) is 5.04. The lowest BCUT2D eigenvalue weighted by atomic mass is 10.1. The Bertz CT molecular complexity index is 884. The molecule has 2 aromatic heterocycles. The highest BCUT2D eigenvalue weighted by Crippen LogP contribution is 2.41. The Balaban J connectivity index is 2.48. The van der Waals surface area contributed by atoms with E-state index >= 15 is 0 Å².